The van der Waals surface area contributed by atoms with Gasteiger partial charge in [-0.1, -0.05) is 30.9 Å². The molecule has 0 aliphatic rings. The van der Waals surface area contributed by atoms with Gasteiger partial charge in [0.1, 0.15) is 0 Å². The molecule has 1 aromatic rings. The topological polar surface area (TPSA) is 92.7 Å². The fourth-order valence-corrected chi connectivity index (χ4v) is 2.23. The van der Waals surface area contributed by atoms with Gasteiger partial charge in [0.2, 0.25) is 0 Å². The highest BCUT2D eigenvalue weighted by molar-refractivity contribution is 7.89. The highest BCUT2D eigenvalue weighted by Crippen LogP contribution is 2.12. The fourth-order valence-electron chi connectivity index (χ4n) is 1.41. The average Bonchev–Trinajstić information content (AvgIpc) is 2.36. The highest BCUT2D eigenvalue weighted by Gasteiger charge is 2.14. The van der Waals surface area contributed by atoms with E-state index in [1.807, 2.05) is 13.8 Å². The minimum absolute atomic E-state index is 0.0157. The number of rotatable bonds is 8. The Labute approximate surface area is 118 Å². The van der Waals surface area contributed by atoms with Gasteiger partial charge in [-0.2, -0.15) is 0 Å². The average molecular weight is 301 g/mol. The monoisotopic (exact) mass is 301 g/mol. The first-order valence-corrected chi connectivity index (χ1v) is 7.74. The predicted molar refractivity (Wildman–Crippen MR) is 73.5 cm³/mol. The van der Waals surface area contributed by atoms with E-state index in [2.05, 4.69) is 4.89 Å². The standard InChI is InChI=1S/C13H19NO5S/c1-10(2)9-19-14-20(17,18)12-6-3-11(4-7-12)5-8-13(15)16/h3-4,6-7,10,14H,5,8-9H2,1-2H3,(H,15,16). The Balaban J connectivity index is 2.64. The molecule has 0 saturated heterocycles. The predicted octanol–water partition coefficient (Wildman–Crippen LogP) is 1.57. The van der Waals surface area contributed by atoms with Crippen molar-refractivity contribution in [2.24, 2.45) is 5.92 Å². The molecule has 0 fully saturated rings. The number of nitrogens with one attached hydrogen (secondary N) is 1. The number of carboxylic acid groups (broad SMARTS) is 1. The number of hydrogen-bond donors (Lipinski definition) is 2. The zero-order chi connectivity index (χ0) is 15.2. The van der Waals surface area contributed by atoms with Gasteiger partial charge in [-0.25, -0.2) is 8.42 Å². The second kappa shape index (κ2) is 7.37. The van der Waals surface area contributed by atoms with Crippen LogP contribution in [0.1, 0.15) is 25.8 Å². The quantitative estimate of drug-likeness (QED) is 0.711. The molecule has 0 radical (unpaired) electrons. The minimum atomic E-state index is -3.69. The van der Waals surface area contributed by atoms with Crippen molar-refractivity contribution in [3.63, 3.8) is 0 Å². The van der Waals surface area contributed by atoms with Crippen molar-refractivity contribution in [3.8, 4) is 0 Å². The van der Waals surface area contributed by atoms with E-state index < -0.39 is 16.0 Å². The van der Waals surface area contributed by atoms with Gasteiger partial charge in [0, 0.05) is 6.42 Å². The first-order valence-electron chi connectivity index (χ1n) is 6.25. The smallest absolute Gasteiger partial charge is 0.303 e. The van der Waals surface area contributed by atoms with E-state index in [4.69, 9.17) is 9.94 Å². The molecule has 7 heteroatoms. The third kappa shape index (κ3) is 5.68. The summed E-state index contributed by atoms with van der Waals surface area (Å²) in [6.45, 7) is 4.10. The number of hydrogen-bond acceptors (Lipinski definition) is 4. The zero-order valence-corrected chi connectivity index (χ0v) is 12.3. The number of benzene rings is 1. The van der Waals surface area contributed by atoms with E-state index in [1.165, 1.54) is 12.1 Å². The number of carboxylic acids is 1. The molecule has 0 atom stereocenters. The maximum atomic E-state index is 11.9. The van der Waals surface area contributed by atoms with Crippen LogP contribution in [0.2, 0.25) is 0 Å². The molecule has 6 nitrogen and oxygen atoms in total. The lowest BCUT2D eigenvalue weighted by atomic mass is 10.1. The number of sulfonamides is 1. The van der Waals surface area contributed by atoms with Gasteiger partial charge >= 0.3 is 5.97 Å². The Bertz CT molecular complexity index is 536. The summed E-state index contributed by atoms with van der Waals surface area (Å²) in [5, 5.41) is 8.58. The van der Waals surface area contributed by atoms with Crippen LogP contribution in [-0.4, -0.2) is 26.1 Å². The largest absolute Gasteiger partial charge is 0.481 e. The molecule has 0 aliphatic carbocycles. The molecule has 0 spiro atoms. The summed E-state index contributed by atoms with van der Waals surface area (Å²) in [4.78, 5) is 17.5. The Morgan fingerprint density at radius 1 is 1.30 bits per heavy atom. The van der Waals surface area contributed by atoms with Gasteiger partial charge < -0.3 is 5.11 Å². The van der Waals surface area contributed by atoms with E-state index in [-0.39, 0.29) is 23.8 Å². The van der Waals surface area contributed by atoms with Crippen LogP contribution in [0.25, 0.3) is 0 Å². The van der Waals surface area contributed by atoms with Crippen LogP contribution in [0.4, 0.5) is 0 Å². The lowest BCUT2D eigenvalue weighted by Gasteiger charge is -2.09. The second-order valence-corrected chi connectivity index (χ2v) is 6.47. The van der Waals surface area contributed by atoms with Gasteiger partial charge in [-0.3, -0.25) is 9.63 Å². The maximum absolute atomic E-state index is 11.9. The van der Waals surface area contributed by atoms with Gasteiger partial charge in [0.25, 0.3) is 10.0 Å². The molecule has 0 heterocycles. The summed E-state index contributed by atoms with van der Waals surface area (Å²) < 4.78 is 23.7. The van der Waals surface area contributed by atoms with Crippen LogP contribution in [0.5, 0.6) is 0 Å². The Morgan fingerprint density at radius 3 is 2.40 bits per heavy atom. The van der Waals surface area contributed by atoms with E-state index in [9.17, 15) is 13.2 Å². The van der Waals surface area contributed by atoms with Crippen LogP contribution in [0.15, 0.2) is 29.2 Å². The molecule has 0 aromatic heterocycles. The molecule has 0 aliphatic heterocycles. The number of carbonyl (C=O) groups is 1. The van der Waals surface area contributed by atoms with Crippen LogP contribution < -0.4 is 4.89 Å². The molecule has 20 heavy (non-hydrogen) atoms. The first kappa shape index (κ1) is 16.6. The third-order valence-electron chi connectivity index (χ3n) is 2.45. The fraction of sp³-hybridized carbons (Fsp3) is 0.462. The van der Waals surface area contributed by atoms with Crippen molar-refractivity contribution in [2.75, 3.05) is 6.61 Å². The Hall–Kier alpha value is -1.44. The van der Waals surface area contributed by atoms with Crippen molar-refractivity contribution < 1.29 is 23.2 Å². The van der Waals surface area contributed by atoms with E-state index in [1.54, 1.807) is 12.1 Å². The van der Waals surface area contributed by atoms with E-state index in [0.29, 0.717) is 6.42 Å². The van der Waals surface area contributed by atoms with Gasteiger partial charge in [-0.05, 0) is 30.0 Å². The van der Waals surface area contributed by atoms with Crippen LogP contribution in [0.3, 0.4) is 0 Å². The summed E-state index contributed by atoms with van der Waals surface area (Å²) in [7, 11) is -3.69. The highest BCUT2D eigenvalue weighted by atomic mass is 32.2. The Kier molecular flexibility index (Phi) is 6.12. The minimum Gasteiger partial charge on any atom is -0.481 e. The SMILES string of the molecule is CC(C)CONS(=O)(=O)c1ccc(CCC(=O)O)cc1. The van der Waals surface area contributed by atoms with Crippen LogP contribution >= 0.6 is 0 Å². The van der Waals surface area contributed by atoms with E-state index in [0.717, 1.165) is 5.56 Å². The normalized spacial score (nSPS) is 11.8. The Morgan fingerprint density at radius 2 is 1.90 bits per heavy atom. The summed E-state index contributed by atoms with van der Waals surface area (Å²) in [6.07, 6.45) is 0.384. The van der Waals surface area contributed by atoms with Crippen molar-refractivity contribution in [1.82, 2.24) is 4.89 Å². The molecular weight excluding hydrogens is 282 g/mol. The summed E-state index contributed by atoms with van der Waals surface area (Å²) >= 11 is 0. The molecule has 0 bridgehead atoms. The van der Waals surface area contributed by atoms with Crippen molar-refractivity contribution >= 4 is 16.0 Å². The second-order valence-electron chi connectivity index (χ2n) is 4.83. The lowest BCUT2D eigenvalue weighted by molar-refractivity contribution is -0.136. The van der Waals surface area contributed by atoms with Crippen LogP contribution in [0, 0.1) is 5.92 Å². The summed E-state index contributed by atoms with van der Waals surface area (Å²) in [5.74, 6) is -0.665. The molecule has 0 unspecified atom stereocenters. The van der Waals surface area contributed by atoms with Crippen molar-refractivity contribution in [1.29, 1.82) is 0 Å². The molecule has 1 aromatic carbocycles. The molecular formula is C13H19NO5S. The maximum Gasteiger partial charge on any atom is 0.303 e. The molecule has 0 saturated carbocycles. The van der Waals surface area contributed by atoms with Crippen LogP contribution in [-0.2, 0) is 26.1 Å². The molecule has 2 N–H and O–H groups in total. The van der Waals surface area contributed by atoms with Gasteiger partial charge in [-0.15, -0.1) is 0 Å². The first-order chi connectivity index (χ1) is 9.31. The van der Waals surface area contributed by atoms with E-state index >= 15 is 0 Å². The molecule has 0 amide bonds. The summed E-state index contributed by atoms with van der Waals surface area (Å²) in [6, 6.07) is 6.05. The van der Waals surface area contributed by atoms with Crippen molar-refractivity contribution in [2.45, 2.75) is 31.6 Å². The zero-order valence-electron chi connectivity index (χ0n) is 11.5. The lowest BCUT2D eigenvalue weighted by Crippen LogP contribution is -2.25. The number of aliphatic carboxylic acids is 1. The molecule has 112 valence electrons. The molecule has 1 rings (SSSR count). The summed E-state index contributed by atoms with van der Waals surface area (Å²) in [5.41, 5.74) is 0.773. The van der Waals surface area contributed by atoms with Gasteiger partial charge in [0.05, 0.1) is 11.5 Å². The van der Waals surface area contributed by atoms with Crippen molar-refractivity contribution in [3.05, 3.63) is 29.8 Å². The number of aryl methyl sites for hydroxylation is 1. The third-order valence-corrected chi connectivity index (χ3v) is 3.68. The van der Waals surface area contributed by atoms with Gasteiger partial charge in [0.15, 0.2) is 0 Å².